The minimum Gasteiger partial charge on any atom is -0.496 e. The van der Waals surface area contributed by atoms with E-state index in [0.717, 1.165) is 5.56 Å². The molecule has 0 aliphatic rings. The van der Waals surface area contributed by atoms with E-state index in [1.807, 2.05) is 13.0 Å². The molecule has 0 N–H and O–H groups in total. The van der Waals surface area contributed by atoms with Crippen LogP contribution in [0.25, 0.3) is 0 Å². The number of nitrogens with zero attached hydrogens (tertiary/aromatic N) is 1. The summed E-state index contributed by atoms with van der Waals surface area (Å²) in [7, 11) is 3.13. The van der Waals surface area contributed by atoms with E-state index in [4.69, 9.17) is 9.47 Å². The number of hydrogen-bond acceptors (Lipinski definition) is 4. The Hall–Kier alpha value is -2.36. The molecule has 0 atom stereocenters. The van der Waals surface area contributed by atoms with E-state index in [9.17, 15) is 4.79 Å². The Balaban J connectivity index is 2.38. The zero-order valence-electron chi connectivity index (χ0n) is 11.1. The molecule has 0 amide bonds. The first-order valence-corrected chi connectivity index (χ1v) is 5.84. The van der Waals surface area contributed by atoms with Crippen LogP contribution in [0.3, 0.4) is 0 Å². The first kappa shape index (κ1) is 13.1. The van der Waals surface area contributed by atoms with Crippen LogP contribution in [-0.2, 0) is 0 Å². The summed E-state index contributed by atoms with van der Waals surface area (Å²) in [5, 5.41) is 0. The van der Waals surface area contributed by atoms with Crippen molar-refractivity contribution in [2.45, 2.75) is 6.92 Å². The Morgan fingerprint density at radius 2 is 1.84 bits per heavy atom. The zero-order chi connectivity index (χ0) is 13.8. The van der Waals surface area contributed by atoms with Crippen molar-refractivity contribution in [3.63, 3.8) is 0 Å². The molecule has 2 rings (SSSR count). The van der Waals surface area contributed by atoms with E-state index in [1.54, 1.807) is 38.6 Å². The summed E-state index contributed by atoms with van der Waals surface area (Å²) >= 11 is 0. The van der Waals surface area contributed by atoms with Gasteiger partial charge in [0.1, 0.15) is 11.5 Å². The molecule has 0 spiro atoms. The number of methoxy groups -OCH3 is 2. The van der Waals surface area contributed by atoms with Gasteiger partial charge in [0.15, 0.2) is 5.78 Å². The van der Waals surface area contributed by atoms with Crippen molar-refractivity contribution in [3.05, 3.63) is 53.3 Å². The molecule has 1 aromatic carbocycles. The SMILES string of the molecule is COc1cncc(C(=O)c2ccc(C)c(OC)c2)c1. The number of benzene rings is 1. The van der Waals surface area contributed by atoms with Crippen molar-refractivity contribution in [1.82, 2.24) is 4.98 Å². The van der Waals surface area contributed by atoms with Crippen molar-refractivity contribution in [1.29, 1.82) is 0 Å². The van der Waals surface area contributed by atoms with Crippen molar-refractivity contribution >= 4 is 5.78 Å². The molecular weight excluding hydrogens is 242 g/mol. The highest BCUT2D eigenvalue weighted by atomic mass is 16.5. The topological polar surface area (TPSA) is 48.4 Å². The first-order valence-electron chi connectivity index (χ1n) is 5.84. The Labute approximate surface area is 112 Å². The molecule has 0 saturated heterocycles. The van der Waals surface area contributed by atoms with Gasteiger partial charge in [0, 0.05) is 17.3 Å². The van der Waals surface area contributed by atoms with E-state index >= 15 is 0 Å². The summed E-state index contributed by atoms with van der Waals surface area (Å²) in [5.41, 5.74) is 2.05. The van der Waals surface area contributed by atoms with E-state index < -0.39 is 0 Å². The van der Waals surface area contributed by atoms with Crippen molar-refractivity contribution < 1.29 is 14.3 Å². The summed E-state index contributed by atoms with van der Waals surface area (Å²) in [4.78, 5) is 16.3. The van der Waals surface area contributed by atoms with Crippen LogP contribution < -0.4 is 9.47 Å². The average molecular weight is 257 g/mol. The van der Waals surface area contributed by atoms with E-state index in [2.05, 4.69) is 4.98 Å². The molecule has 0 saturated carbocycles. The first-order chi connectivity index (χ1) is 9.15. The highest BCUT2D eigenvalue weighted by Crippen LogP contribution is 2.21. The fourth-order valence-corrected chi connectivity index (χ4v) is 1.78. The van der Waals surface area contributed by atoms with Crippen LogP contribution >= 0.6 is 0 Å². The van der Waals surface area contributed by atoms with Crippen molar-refractivity contribution in [2.75, 3.05) is 14.2 Å². The molecule has 0 unspecified atom stereocenters. The van der Waals surface area contributed by atoms with Gasteiger partial charge in [0.25, 0.3) is 0 Å². The second-order valence-corrected chi connectivity index (χ2v) is 4.13. The lowest BCUT2D eigenvalue weighted by atomic mass is 10.0. The number of carbonyl (C=O) groups is 1. The van der Waals surface area contributed by atoms with E-state index in [1.165, 1.54) is 6.20 Å². The Morgan fingerprint density at radius 1 is 1.05 bits per heavy atom. The Kier molecular flexibility index (Phi) is 3.80. The number of ketones is 1. The third-order valence-corrected chi connectivity index (χ3v) is 2.88. The normalized spacial score (nSPS) is 10.1. The largest absolute Gasteiger partial charge is 0.496 e. The van der Waals surface area contributed by atoms with Crippen molar-refractivity contribution in [3.8, 4) is 11.5 Å². The number of aryl methyl sites for hydroxylation is 1. The fourth-order valence-electron chi connectivity index (χ4n) is 1.78. The van der Waals surface area contributed by atoms with E-state index in [0.29, 0.717) is 22.6 Å². The molecule has 0 fully saturated rings. The average Bonchev–Trinajstić information content (AvgIpc) is 2.47. The van der Waals surface area contributed by atoms with Crippen LogP contribution in [0.15, 0.2) is 36.7 Å². The van der Waals surface area contributed by atoms with Crippen LogP contribution in [0.1, 0.15) is 21.5 Å². The monoisotopic (exact) mass is 257 g/mol. The predicted molar refractivity (Wildman–Crippen MR) is 72.0 cm³/mol. The molecule has 98 valence electrons. The van der Waals surface area contributed by atoms with Gasteiger partial charge in [0.2, 0.25) is 0 Å². The zero-order valence-corrected chi connectivity index (χ0v) is 11.1. The number of hydrogen-bond donors (Lipinski definition) is 0. The minimum absolute atomic E-state index is 0.107. The summed E-state index contributed by atoms with van der Waals surface area (Å²) in [5.74, 6) is 1.15. The number of rotatable bonds is 4. The van der Waals surface area contributed by atoms with Crippen LogP contribution in [-0.4, -0.2) is 25.0 Å². The van der Waals surface area contributed by atoms with Gasteiger partial charge in [-0.25, -0.2) is 0 Å². The standard InChI is InChI=1S/C15H15NO3/c1-10-4-5-11(7-14(10)19-3)15(17)12-6-13(18-2)9-16-8-12/h4-9H,1-3H3. The van der Waals surface area contributed by atoms with Gasteiger partial charge in [0.05, 0.1) is 20.4 Å². The fraction of sp³-hybridized carbons (Fsp3) is 0.200. The van der Waals surface area contributed by atoms with Crippen molar-refractivity contribution in [2.24, 2.45) is 0 Å². The maximum atomic E-state index is 12.3. The molecule has 0 aliphatic heterocycles. The molecule has 1 aromatic heterocycles. The lowest BCUT2D eigenvalue weighted by Gasteiger charge is -2.07. The quantitative estimate of drug-likeness (QED) is 0.790. The minimum atomic E-state index is -0.107. The third-order valence-electron chi connectivity index (χ3n) is 2.88. The number of ether oxygens (including phenoxy) is 2. The summed E-state index contributed by atoms with van der Waals surface area (Å²) < 4.78 is 10.3. The summed E-state index contributed by atoms with van der Waals surface area (Å²) in [6.07, 6.45) is 3.09. The lowest BCUT2D eigenvalue weighted by molar-refractivity contribution is 0.103. The summed E-state index contributed by atoms with van der Waals surface area (Å²) in [6.45, 7) is 1.93. The molecule has 0 radical (unpaired) electrons. The molecule has 0 bridgehead atoms. The smallest absolute Gasteiger partial charge is 0.194 e. The molecule has 4 nitrogen and oxygen atoms in total. The van der Waals surface area contributed by atoms with Gasteiger partial charge >= 0.3 is 0 Å². The van der Waals surface area contributed by atoms with Gasteiger partial charge in [-0.2, -0.15) is 0 Å². The van der Waals surface area contributed by atoms with Gasteiger partial charge in [-0.15, -0.1) is 0 Å². The highest BCUT2D eigenvalue weighted by molar-refractivity contribution is 6.09. The van der Waals surface area contributed by atoms with Crippen LogP contribution in [0.5, 0.6) is 11.5 Å². The van der Waals surface area contributed by atoms with E-state index in [-0.39, 0.29) is 5.78 Å². The molecule has 4 heteroatoms. The molecular formula is C15H15NO3. The van der Waals surface area contributed by atoms with Gasteiger partial charge in [-0.3, -0.25) is 9.78 Å². The summed E-state index contributed by atoms with van der Waals surface area (Å²) in [6, 6.07) is 7.04. The number of pyridine rings is 1. The maximum absolute atomic E-state index is 12.3. The highest BCUT2D eigenvalue weighted by Gasteiger charge is 2.12. The number of carbonyl (C=O) groups excluding carboxylic acids is 1. The Bertz CT molecular complexity index is 608. The lowest BCUT2D eigenvalue weighted by Crippen LogP contribution is -2.03. The molecule has 0 aliphatic carbocycles. The van der Waals surface area contributed by atoms with Crippen LogP contribution in [0.2, 0.25) is 0 Å². The maximum Gasteiger partial charge on any atom is 0.194 e. The second-order valence-electron chi connectivity index (χ2n) is 4.13. The predicted octanol–water partition coefficient (Wildman–Crippen LogP) is 2.64. The van der Waals surface area contributed by atoms with Gasteiger partial charge < -0.3 is 9.47 Å². The Morgan fingerprint density at radius 3 is 2.53 bits per heavy atom. The van der Waals surface area contributed by atoms with Gasteiger partial charge in [-0.05, 0) is 24.6 Å². The third kappa shape index (κ3) is 2.73. The molecule has 2 aromatic rings. The second kappa shape index (κ2) is 5.52. The van der Waals surface area contributed by atoms with Crippen LogP contribution in [0, 0.1) is 6.92 Å². The molecule has 19 heavy (non-hydrogen) atoms. The van der Waals surface area contributed by atoms with Crippen LogP contribution in [0.4, 0.5) is 0 Å². The molecule has 1 heterocycles. The van der Waals surface area contributed by atoms with Gasteiger partial charge in [-0.1, -0.05) is 12.1 Å². The number of aromatic nitrogens is 1.